The number of carbonyl (C=O) groups excluding carboxylic acids is 1. The molecule has 1 aromatic heterocycles. The molecule has 6 heteroatoms. The largest absolute Gasteiger partial charge is 0.480 e. The summed E-state index contributed by atoms with van der Waals surface area (Å²) in [6.07, 6.45) is 1.60. The molecule has 0 radical (unpaired) electrons. The molecule has 1 aromatic rings. The van der Waals surface area contributed by atoms with E-state index >= 15 is 0 Å². The molecule has 1 N–H and O–H groups in total. The number of aliphatic carboxylic acids is 1. The number of carboxylic acids is 1. The van der Waals surface area contributed by atoms with Gasteiger partial charge in [-0.1, -0.05) is 17.7 Å². The number of hydrogen-bond acceptors (Lipinski definition) is 3. The van der Waals surface area contributed by atoms with Gasteiger partial charge in [0.05, 0.1) is 6.42 Å². The van der Waals surface area contributed by atoms with Crippen molar-refractivity contribution in [2.75, 3.05) is 13.1 Å². The highest BCUT2D eigenvalue weighted by Gasteiger charge is 2.16. The third-order valence-corrected chi connectivity index (χ3v) is 2.58. The zero-order valence-corrected chi connectivity index (χ0v) is 10.1. The molecule has 0 aromatic carbocycles. The van der Waals surface area contributed by atoms with Crippen LogP contribution >= 0.6 is 11.6 Å². The molecule has 0 saturated carbocycles. The monoisotopic (exact) mass is 256 g/mol. The first-order chi connectivity index (χ1) is 8.04. The number of carbonyl (C=O) groups is 2. The van der Waals surface area contributed by atoms with Crippen LogP contribution in [0.5, 0.6) is 0 Å². The van der Waals surface area contributed by atoms with Gasteiger partial charge in [-0.25, -0.2) is 4.98 Å². The average Bonchev–Trinajstić information content (AvgIpc) is 2.28. The van der Waals surface area contributed by atoms with Crippen LogP contribution in [0.15, 0.2) is 18.3 Å². The maximum atomic E-state index is 11.8. The van der Waals surface area contributed by atoms with Crippen LogP contribution in [0, 0.1) is 0 Å². The predicted molar refractivity (Wildman–Crippen MR) is 62.8 cm³/mol. The molecule has 0 aliphatic heterocycles. The summed E-state index contributed by atoms with van der Waals surface area (Å²) >= 11 is 5.82. The van der Waals surface area contributed by atoms with Gasteiger partial charge in [-0.15, -0.1) is 0 Å². The van der Waals surface area contributed by atoms with Crippen molar-refractivity contribution in [1.82, 2.24) is 9.88 Å². The van der Waals surface area contributed by atoms with E-state index < -0.39 is 5.97 Å². The number of hydrogen-bond donors (Lipinski definition) is 1. The first-order valence-corrected chi connectivity index (χ1v) is 5.51. The van der Waals surface area contributed by atoms with Crippen molar-refractivity contribution < 1.29 is 14.7 Å². The molecule has 1 amide bonds. The first-order valence-electron chi connectivity index (χ1n) is 5.13. The van der Waals surface area contributed by atoms with E-state index in [1.807, 2.05) is 0 Å². The molecule has 0 unspecified atom stereocenters. The lowest BCUT2D eigenvalue weighted by atomic mass is 10.2. The van der Waals surface area contributed by atoms with Gasteiger partial charge in [0, 0.05) is 12.7 Å². The van der Waals surface area contributed by atoms with E-state index in [1.54, 1.807) is 19.1 Å². The second kappa shape index (κ2) is 6.20. The van der Waals surface area contributed by atoms with Gasteiger partial charge in [-0.05, 0) is 18.6 Å². The maximum absolute atomic E-state index is 11.8. The molecule has 0 atom stereocenters. The van der Waals surface area contributed by atoms with Crippen molar-refractivity contribution in [3.05, 3.63) is 29.0 Å². The Morgan fingerprint density at radius 1 is 1.53 bits per heavy atom. The highest BCUT2D eigenvalue weighted by molar-refractivity contribution is 6.30. The fourth-order valence-corrected chi connectivity index (χ4v) is 1.55. The zero-order valence-electron chi connectivity index (χ0n) is 9.39. The van der Waals surface area contributed by atoms with Gasteiger partial charge in [-0.2, -0.15) is 0 Å². The number of pyridine rings is 1. The number of rotatable bonds is 5. The minimum absolute atomic E-state index is 0.0633. The standard InChI is InChI=1S/C11H13ClN2O3/c1-2-14(7-10(16)17)9(15)6-8-4-3-5-13-11(8)12/h3-5H,2,6-7H2,1H3,(H,16,17). The maximum Gasteiger partial charge on any atom is 0.323 e. The van der Waals surface area contributed by atoms with E-state index in [9.17, 15) is 9.59 Å². The average molecular weight is 257 g/mol. The Labute approximate surface area is 104 Å². The van der Waals surface area contributed by atoms with Crippen molar-refractivity contribution in [2.45, 2.75) is 13.3 Å². The second-order valence-corrected chi connectivity index (χ2v) is 3.79. The summed E-state index contributed by atoms with van der Waals surface area (Å²) in [6, 6.07) is 3.38. The van der Waals surface area contributed by atoms with E-state index in [4.69, 9.17) is 16.7 Å². The lowest BCUT2D eigenvalue weighted by Gasteiger charge is -2.18. The van der Waals surface area contributed by atoms with Gasteiger partial charge >= 0.3 is 5.97 Å². The van der Waals surface area contributed by atoms with Crippen molar-refractivity contribution in [1.29, 1.82) is 0 Å². The van der Waals surface area contributed by atoms with Gasteiger partial charge in [0.25, 0.3) is 0 Å². The molecule has 0 aliphatic carbocycles. The number of halogens is 1. The summed E-state index contributed by atoms with van der Waals surface area (Å²) < 4.78 is 0. The van der Waals surface area contributed by atoms with E-state index in [0.29, 0.717) is 12.1 Å². The summed E-state index contributed by atoms with van der Waals surface area (Å²) in [7, 11) is 0. The summed E-state index contributed by atoms with van der Waals surface area (Å²) in [5.74, 6) is -1.30. The van der Waals surface area contributed by atoms with Crippen LogP contribution in [-0.2, 0) is 16.0 Å². The summed E-state index contributed by atoms with van der Waals surface area (Å²) in [6.45, 7) is 1.78. The summed E-state index contributed by atoms with van der Waals surface area (Å²) in [5.41, 5.74) is 0.600. The highest BCUT2D eigenvalue weighted by atomic mass is 35.5. The molecule has 1 rings (SSSR count). The van der Waals surface area contributed by atoms with Crippen LogP contribution < -0.4 is 0 Å². The molecule has 17 heavy (non-hydrogen) atoms. The van der Waals surface area contributed by atoms with Crippen LogP contribution in [-0.4, -0.2) is 40.0 Å². The number of carboxylic acid groups (broad SMARTS) is 1. The number of nitrogens with zero attached hydrogens (tertiary/aromatic N) is 2. The molecule has 0 bridgehead atoms. The molecule has 0 aliphatic rings. The molecule has 0 saturated heterocycles. The van der Waals surface area contributed by atoms with E-state index in [2.05, 4.69) is 4.98 Å². The van der Waals surface area contributed by atoms with Crippen molar-refractivity contribution in [3.63, 3.8) is 0 Å². The Balaban J connectivity index is 2.71. The number of aromatic nitrogens is 1. The number of amides is 1. The minimum atomic E-state index is -1.03. The van der Waals surface area contributed by atoms with Crippen molar-refractivity contribution in [2.24, 2.45) is 0 Å². The van der Waals surface area contributed by atoms with Crippen LogP contribution in [0.3, 0.4) is 0 Å². The van der Waals surface area contributed by atoms with Crippen LogP contribution in [0.4, 0.5) is 0 Å². The second-order valence-electron chi connectivity index (χ2n) is 3.43. The Morgan fingerprint density at radius 3 is 2.76 bits per heavy atom. The number of likely N-dealkylation sites (N-methyl/N-ethyl adjacent to an activating group) is 1. The minimum Gasteiger partial charge on any atom is -0.480 e. The zero-order chi connectivity index (χ0) is 12.8. The highest BCUT2D eigenvalue weighted by Crippen LogP contribution is 2.13. The summed E-state index contributed by atoms with van der Waals surface area (Å²) in [5, 5.41) is 8.92. The molecule has 0 fully saturated rings. The molecule has 5 nitrogen and oxygen atoms in total. The lowest BCUT2D eigenvalue weighted by Crippen LogP contribution is -2.36. The van der Waals surface area contributed by atoms with E-state index in [1.165, 1.54) is 11.1 Å². The Kier molecular flexibility index (Phi) is 4.90. The Bertz CT molecular complexity index is 423. The molecular formula is C11H13ClN2O3. The predicted octanol–water partition coefficient (Wildman–Crippen LogP) is 1.21. The fraction of sp³-hybridized carbons (Fsp3) is 0.364. The molecule has 92 valence electrons. The van der Waals surface area contributed by atoms with Crippen molar-refractivity contribution in [3.8, 4) is 0 Å². The smallest absolute Gasteiger partial charge is 0.323 e. The topological polar surface area (TPSA) is 70.5 Å². The van der Waals surface area contributed by atoms with Gasteiger partial charge in [0.2, 0.25) is 5.91 Å². The molecule has 0 spiro atoms. The lowest BCUT2D eigenvalue weighted by molar-refractivity contribution is -0.144. The third-order valence-electron chi connectivity index (χ3n) is 2.24. The van der Waals surface area contributed by atoms with Gasteiger partial charge in [0.15, 0.2) is 0 Å². The first kappa shape index (κ1) is 13.4. The van der Waals surface area contributed by atoms with Crippen molar-refractivity contribution >= 4 is 23.5 Å². The van der Waals surface area contributed by atoms with Gasteiger partial charge in [0.1, 0.15) is 11.7 Å². The van der Waals surface area contributed by atoms with Crippen LogP contribution in [0.1, 0.15) is 12.5 Å². The van der Waals surface area contributed by atoms with E-state index in [-0.39, 0.29) is 24.0 Å². The normalized spacial score (nSPS) is 10.0. The third kappa shape index (κ3) is 4.03. The SMILES string of the molecule is CCN(CC(=O)O)C(=O)Cc1cccnc1Cl. The quantitative estimate of drug-likeness (QED) is 0.804. The van der Waals surface area contributed by atoms with E-state index in [0.717, 1.165) is 0 Å². The molecule has 1 heterocycles. The Morgan fingerprint density at radius 2 is 2.24 bits per heavy atom. The Hall–Kier alpha value is -1.62. The molecular weight excluding hydrogens is 244 g/mol. The van der Waals surface area contributed by atoms with Crippen LogP contribution in [0.25, 0.3) is 0 Å². The fourth-order valence-electron chi connectivity index (χ4n) is 1.37. The van der Waals surface area contributed by atoms with Gasteiger partial charge < -0.3 is 10.0 Å². The summed E-state index contributed by atoms with van der Waals surface area (Å²) in [4.78, 5) is 27.5. The van der Waals surface area contributed by atoms with Crippen LogP contribution in [0.2, 0.25) is 5.15 Å². The van der Waals surface area contributed by atoms with Gasteiger partial charge in [-0.3, -0.25) is 9.59 Å².